The summed E-state index contributed by atoms with van der Waals surface area (Å²) in [6, 6.07) is 0. The van der Waals surface area contributed by atoms with Crippen molar-refractivity contribution < 1.29 is 30.0 Å². The summed E-state index contributed by atoms with van der Waals surface area (Å²) >= 11 is 0. The summed E-state index contributed by atoms with van der Waals surface area (Å²) in [5.74, 6) is 0.167. The molecule has 10 nitrogen and oxygen atoms in total. The number of fused-ring (bicyclic) bond motifs is 1. The van der Waals surface area contributed by atoms with E-state index >= 15 is 0 Å². The van der Waals surface area contributed by atoms with Crippen LogP contribution in [0.3, 0.4) is 0 Å². The number of carbonyl (C=O) groups is 1. The zero-order valence-corrected chi connectivity index (χ0v) is 24.5. The number of nitrogens with zero attached hydrogens (tertiary/aromatic N) is 2. The minimum Gasteiger partial charge on any atom is -0.478 e. The third kappa shape index (κ3) is 4.15. The second-order valence-electron chi connectivity index (χ2n) is 13.7. The highest BCUT2D eigenvalue weighted by Gasteiger charge is 2.76. The number of nitrogens with two attached hydrogens (primary N) is 1. The lowest BCUT2D eigenvalue weighted by atomic mass is 9.45. The van der Waals surface area contributed by atoms with E-state index in [-0.39, 0.29) is 41.5 Å². The van der Waals surface area contributed by atoms with E-state index in [4.69, 9.17) is 10.5 Å². The summed E-state index contributed by atoms with van der Waals surface area (Å²) in [7, 11) is 1.68. The molecule has 10 atom stereocenters. The lowest BCUT2D eigenvalue weighted by Gasteiger charge is -2.61. The molecule has 2 spiro atoms. The first kappa shape index (κ1) is 29.1. The SMILES string of the molecule is CN=C(N)N1C=C[C@H](CNCCO)[C@@]2(C1)[C@@H]1CC[C@@H](C)[C@]23C[C@](O)([C@@H]2CC[C@H]4CC[C@@H](O)C[C@H]4O2)C(C(=O)O)=C3C1. The van der Waals surface area contributed by atoms with E-state index in [9.17, 15) is 25.2 Å². The molecule has 4 fully saturated rings. The van der Waals surface area contributed by atoms with E-state index in [1.165, 1.54) is 0 Å². The van der Waals surface area contributed by atoms with Gasteiger partial charge in [0.1, 0.15) is 5.60 Å². The van der Waals surface area contributed by atoms with Gasteiger partial charge in [0.2, 0.25) is 0 Å². The highest BCUT2D eigenvalue weighted by molar-refractivity contribution is 5.92. The number of rotatable bonds is 6. The van der Waals surface area contributed by atoms with Crippen LogP contribution in [0, 0.1) is 34.5 Å². The van der Waals surface area contributed by atoms with Crippen LogP contribution in [0.5, 0.6) is 0 Å². The molecule has 0 unspecified atom stereocenters. The van der Waals surface area contributed by atoms with Crippen LogP contribution in [-0.2, 0) is 9.53 Å². The third-order valence-electron chi connectivity index (χ3n) is 12.2. The van der Waals surface area contributed by atoms with Crippen LogP contribution in [0.15, 0.2) is 28.4 Å². The van der Waals surface area contributed by atoms with Crippen LogP contribution in [-0.4, -0.2) is 94.5 Å². The molecule has 6 rings (SSSR count). The Morgan fingerprint density at radius 2 is 2.02 bits per heavy atom. The fourth-order valence-electron chi connectivity index (χ4n) is 10.5. The Balaban J connectivity index is 1.46. The van der Waals surface area contributed by atoms with Crippen molar-refractivity contribution in [2.75, 3.05) is 33.3 Å². The summed E-state index contributed by atoms with van der Waals surface area (Å²) in [6.45, 7) is 4.01. The van der Waals surface area contributed by atoms with E-state index in [1.807, 2.05) is 11.1 Å². The van der Waals surface area contributed by atoms with Crippen molar-refractivity contribution in [2.45, 2.75) is 88.6 Å². The minimum atomic E-state index is -1.61. The second-order valence-corrected chi connectivity index (χ2v) is 13.7. The predicted molar refractivity (Wildman–Crippen MR) is 154 cm³/mol. The van der Waals surface area contributed by atoms with Gasteiger partial charge in [0.15, 0.2) is 5.96 Å². The van der Waals surface area contributed by atoms with Crippen molar-refractivity contribution in [3.05, 3.63) is 23.4 Å². The molecule has 2 heterocycles. The largest absolute Gasteiger partial charge is 0.478 e. The summed E-state index contributed by atoms with van der Waals surface area (Å²) < 4.78 is 6.61. The number of hydrogen-bond acceptors (Lipinski definition) is 7. The molecular weight excluding hydrogens is 524 g/mol. The molecule has 0 aromatic carbocycles. The van der Waals surface area contributed by atoms with Gasteiger partial charge in [0.05, 0.1) is 30.5 Å². The van der Waals surface area contributed by atoms with Gasteiger partial charge in [-0.1, -0.05) is 13.0 Å². The Kier molecular flexibility index (Phi) is 7.55. The number of nitrogens with one attached hydrogen (secondary N) is 1. The number of aliphatic carboxylic acids is 1. The molecule has 41 heavy (non-hydrogen) atoms. The quantitative estimate of drug-likeness (QED) is 0.158. The van der Waals surface area contributed by atoms with E-state index in [0.29, 0.717) is 57.2 Å². The fourth-order valence-corrected chi connectivity index (χ4v) is 10.5. The molecule has 6 aliphatic rings. The zero-order chi connectivity index (χ0) is 29.2. The van der Waals surface area contributed by atoms with E-state index in [1.54, 1.807) is 7.05 Å². The molecule has 0 aromatic heterocycles. The monoisotopic (exact) mass is 572 g/mol. The summed E-state index contributed by atoms with van der Waals surface area (Å²) in [4.78, 5) is 19.5. The third-order valence-corrected chi connectivity index (χ3v) is 12.2. The van der Waals surface area contributed by atoms with Gasteiger partial charge in [-0.05, 0) is 87.0 Å². The van der Waals surface area contributed by atoms with Crippen LogP contribution in [0.1, 0.15) is 64.7 Å². The first-order chi connectivity index (χ1) is 19.6. The van der Waals surface area contributed by atoms with Gasteiger partial charge in [-0.2, -0.15) is 0 Å². The average Bonchev–Trinajstić information content (AvgIpc) is 3.31. The predicted octanol–water partition coefficient (Wildman–Crippen LogP) is 1.61. The number of carboxylic acids is 1. The Bertz CT molecular complexity index is 1140. The molecule has 2 aliphatic heterocycles. The van der Waals surface area contributed by atoms with Gasteiger partial charge < -0.3 is 41.1 Å². The smallest absolute Gasteiger partial charge is 0.334 e. The Labute approximate surface area is 242 Å². The zero-order valence-electron chi connectivity index (χ0n) is 24.5. The molecule has 7 N–H and O–H groups in total. The standard InChI is InChI=1S/C31H48N4O6/c1-18-3-6-20-13-23-26(27(38)39)31(40,25-8-5-19-4-7-22(37)14-24(19)41-25)16-29(18,23)30(20)17-35(28(32)33-2)11-9-21(30)15-34-10-12-36/h9,11,18-22,24-25,34,36-37,40H,3-8,10,12-17H2,1-2H3,(H2,32,33)(H,38,39)/t18-,19-,20-,21-,22-,24-,25+,29+,30-,31+/m1/s1. The van der Waals surface area contributed by atoms with Crippen molar-refractivity contribution in [1.82, 2.24) is 10.2 Å². The number of allylic oxidation sites excluding steroid dienone is 1. The number of ether oxygens (including phenoxy) is 1. The molecule has 0 radical (unpaired) electrons. The number of carboxylic acid groups (broad SMARTS) is 1. The molecule has 228 valence electrons. The first-order valence-corrected chi connectivity index (χ1v) is 15.6. The van der Waals surface area contributed by atoms with Crippen LogP contribution in [0.2, 0.25) is 0 Å². The van der Waals surface area contributed by atoms with Crippen LogP contribution in [0.4, 0.5) is 0 Å². The van der Waals surface area contributed by atoms with Gasteiger partial charge >= 0.3 is 5.97 Å². The Hall–Kier alpha value is -1.98. The van der Waals surface area contributed by atoms with Gasteiger partial charge in [-0.15, -0.1) is 0 Å². The lowest BCUT2D eigenvalue weighted by molar-refractivity contribution is -0.195. The molecule has 0 aromatic rings. The molecule has 4 aliphatic carbocycles. The van der Waals surface area contributed by atoms with Crippen molar-refractivity contribution in [2.24, 2.45) is 45.2 Å². The molecule has 2 bridgehead atoms. The molecule has 1 saturated heterocycles. The van der Waals surface area contributed by atoms with Crippen molar-refractivity contribution in [3.63, 3.8) is 0 Å². The molecule has 10 heteroatoms. The molecule has 3 saturated carbocycles. The number of aliphatic imine (C=N–C) groups is 1. The first-order valence-electron chi connectivity index (χ1n) is 15.6. The molecular formula is C31H48N4O6. The summed E-state index contributed by atoms with van der Waals surface area (Å²) in [5, 5.41) is 46.8. The fraction of sp³-hybridized carbons (Fsp3) is 0.806. The van der Waals surface area contributed by atoms with Crippen LogP contribution in [0.25, 0.3) is 0 Å². The second kappa shape index (κ2) is 10.6. The van der Waals surface area contributed by atoms with E-state index in [0.717, 1.165) is 37.7 Å². The van der Waals surface area contributed by atoms with Crippen molar-refractivity contribution >= 4 is 11.9 Å². The highest BCUT2D eigenvalue weighted by Crippen LogP contribution is 2.77. The maximum atomic E-state index is 13.2. The maximum absolute atomic E-state index is 13.2. The Morgan fingerprint density at radius 1 is 1.24 bits per heavy atom. The maximum Gasteiger partial charge on any atom is 0.334 e. The van der Waals surface area contributed by atoms with Gasteiger partial charge in [-0.25, -0.2) is 4.79 Å². The number of guanidine groups is 1. The molecule has 0 amide bonds. The van der Waals surface area contributed by atoms with Crippen LogP contribution >= 0.6 is 0 Å². The Morgan fingerprint density at radius 3 is 2.76 bits per heavy atom. The summed E-state index contributed by atoms with van der Waals surface area (Å²) in [5.41, 5.74) is 4.91. The van der Waals surface area contributed by atoms with Crippen molar-refractivity contribution in [1.29, 1.82) is 0 Å². The van der Waals surface area contributed by atoms with Gasteiger partial charge in [0, 0.05) is 43.7 Å². The number of aliphatic hydroxyl groups excluding tert-OH is 2. The lowest BCUT2D eigenvalue weighted by Crippen LogP contribution is -2.63. The topological polar surface area (TPSA) is 161 Å². The van der Waals surface area contributed by atoms with Crippen molar-refractivity contribution in [3.8, 4) is 0 Å². The normalized spacial score (nSPS) is 45.7. The van der Waals surface area contributed by atoms with E-state index < -0.39 is 29.2 Å². The van der Waals surface area contributed by atoms with Gasteiger partial charge in [0.25, 0.3) is 0 Å². The minimum absolute atomic E-state index is 0.0416. The highest BCUT2D eigenvalue weighted by atomic mass is 16.5. The van der Waals surface area contributed by atoms with E-state index in [2.05, 4.69) is 23.3 Å². The number of aliphatic hydroxyl groups is 3. The average molecular weight is 573 g/mol. The summed E-state index contributed by atoms with van der Waals surface area (Å²) in [6.07, 6.45) is 9.61. The van der Waals surface area contributed by atoms with Crippen LogP contribution < -0.4 is 11.1 Å². The number of hydrogen-bond donors (Lipinski definition) is 6. The van der Waals surface area contributed by atoms with Gasteiger partial charge in [-0.3, -0.25) is 4.99 Å².